The van der Waals surface area contributed by atoms with Crippen LogP contribution in [0.2, 0.25) is 0 Å². The van der Waals surface area contributed by atoms with Crippen molar-refractivity contribution in [2.75, 3.05) is 6.54 Å². The number of halogens is 1. The highest BCUT2D eigenvalue weighted by Crippen LogP contribution is 2.50. The summed E-state index contributed by atoms with van der Waals surface area (Å²) in [6, 6.07) is 2.35. The molecule has 0 spiro atoms. The number of nitrogens with zero attached hydrogens (tertiary/aromatic N) is 2. The maximum atomic E-state index is 14.4. The molecule has 1 aromatic rings. The van der Waals surface area contributed by atoms with Crippen LogP contribution in [0.25, 0.3) is 0 Å². The van der Waals surface area contributed by atoms with Gasteiger partial charge in [0.1, 0.15) is 35.1 Å². The summed E-state index contributed by atoms with van der Waals surface area (Å²) in [6.07, 6.45) is 3.60. The fourth-order valence-corrected chi connectivity index (χ4v) is 9.68. The number of hydrogen-bond donors (Lipinski definition) is 3. The molecule has 14 nitrogen and oxygen atoms in total. The smallest absolute Gasteiger partial charge is 0.410 e. The lowest BCUT2D eigenvalue weighted by Crippen LogP contribution is -2.59. The zero-order chi connectivity index (χ0) is 38.3. The number of hydrogen-bond acceptors (Lipinski definition) is 9. The zero-order valence-electron chi connectivity index (χ0n) is 31.0. The summed E-state index contributed by atoms with van der Waals surface area (Å²) in [6.45, 7) is 6.83. The molecule has 53 heavy (non-hydrogen) atoms. The Bertz CT molecular complexity index is 1750. The normalized spacial score (nSPS) is 28.6. The Morgan fingerprint density at radius 3 is 2.40 bits per heavy atom. The van der Waals surface area contributed by atoms with Gasteiger partial charge in [-0.3, -0.25) is 24.0 Å². The highest BCUT2D eigenvalue weighted by atomic mass is 32.2. The molecule has 2 saturated heterocycles. The molecule has 6 rings (SSSR count). The lowest BCUT2D eigenvalue weighted by molar-refractivity contribution is -0.141. The molecule has 3 heterocycles. The van der Waals surface area contributed by atoms with E-state index >= 15 is 0 Å². The number of rotatable bonds is 6. The average Bonchev–Trinajstić information content (AvgIpc) is 3.92. The van der Waals surface area contributed by atoms with Crippen LogP contribution in [0.1, 0.15) is 116 Å². The number of fused-ring (bicyclic) bond motifs is 3. The van der Waals surface area contributed by atoms with Gasteiger partial charge in [-0.25, -0.2) is 22.4 Å². The van der Waals surface area contributed by atoms with Gasteiger partial charge < -0.3 is 25.0 Å². The fourth-order valence-electron chi connectivity index (χ4n) is 8.02. The van der Waals surface area contributed by atoms with E-state index in [1.165, 1.54) is 15.9 Å². The SMILES string of the molecule is CCC1(S(=O)(=O)NC(=O)[C@@]23C[C@H]2CCCCCCC[C@H](NC(=O)OC(C)(C)C)C(=O)N2C[C@H](OC(=O)N4Cc5cccc(F)c5C4)C[C@H]2C(=O)N3)CC1. The minimum Gasteiger partial charge on any atom is -0.444 e. The van der Waals surface area contributed by atoms with E-state index in [0.717, 1.165) is 25.7 Å². The standard InChI is InChI=1S/C37H52FN5O9S/c1-5-36(16-17-36)53(49,50)41-32(46)37-19-24(37)13-9-7-6-8-10-15-28(39-33(47)52-35(2,3)4)31(45)43-21-25(18-29(43)30(44)40-37)51-34(48)42-20-23-12-11-14-27(38)26(23)22-42/h11-12,14,24-25,28-29H,5-10,13,15-22H2,1-4H3,(H,39,47)(H,40,44)(H,41,46)/t24-,25-,28+,29+,37-/m1/s1. The predicted octanol–water partition coefficient (Wildman–Crippen LogP) is 4.15. The van der Waals surface area contributed by atoms with E-state index in [9.17, 15) is 36.8 Å². The number of nitrogens with one attached hydrogen (secondary N) is 3. The van der Waals surface area contributed by atoms with Gasteiger partial charge in [0.15, 0.2) is 0 Å². The van der Waals surface area contributed by atoms with Crippen molar-refractivity contribution in [3.63, 3.8) is 0 Å². The number of alkyl carbamates (subject to hydrolysis) is 1. The Kier molecular flexibility index (Phi) is 10.8. The number of carbonyl (C=O) groups is 5. The van der Waals surface area contributed by atoms with Gasteiger partial charge in [-0.05, 0) is 76.8 Å². The topological polar surface area (TPSA) is 181 Å². The van der Waals surface area contributed by atoms with E-state index in [0.29, 0.717) is 43.2 Å². The van der Waals surface area contributed by atoms with Crippen LogP contribution in [-0.4, -0.2) is 88.7 Å². The van der Waals surface area contributed by atoms with E-state index in [1.54, 1.807) is 39.8 Å². The maximum absolute atomic E-state index is 14.4. The van der Waals surface area contributed by atoms with Crippen molar-refractivity contribution < 1.29 is 46.3 Å². The Morgan fingerprint density at radius 2 is 1.74 bits per heavy atom. The molecule has 0 unspecified atom stereocenters. The molecule has 3 aliphatic heterocycles. The number of ether oxygens (including phenoxy) is 2. The van der Waals surface area contributed by atoms with Gasteiger partial charge in [0, 0.05) is 18.5 Å². The van der Waals surface area contributed by atoms with E-state index in [1.807, 2.05) is 0 Å². The molecule has 16 heteroatoms. The minimum absolute atomic E-state index is 0.00322. The summed E-state index contributed by atoms with van der Waals surface area (Å²) in [5, 5.41) is 5.55. The van der Waals surface area contributed by atoms with E-state index in [-0.39, 0.29) is 44.8 Å². The summed E-state index contributed by atoms with van der Waals surface area (Å²) in [4.78, 5) is 71.4. The molecule has 5 atom stereocenters. The number of sulfonamides is 1. The van der Waals surface area contributed by atoms with Crippen LogP contribution < -0.4 is 15.4 Å². The van der Waals surface area contributed by atoms with Crippen LogP contribution in [0.5, 0.6) is 0 Å². The van der Waals surface area contributed by atoms with E-state index in [2.05, 4.69) is 15.4 Å². The van der Waals surface area contributed by atoms with Gasteiger partial charge in [-0.15, -0.1) is 0 Å². The minimum atomic E-state index is -4.01. The molecule has 0 radical (unpaired) electrons. The maximum Gasteiger partial charge on any atom is 0.410 e. The van der Waals surface area contributed by atoms with Crippen molar-refractivity contribution in [3.05, 3.63) is 35.1 Å². The third-order valence-electron chi connectivity index (χ3n) is 11.4. The molecule has 2 aliphatic carbocycles. The van der Waals surface area contributed by atoms with Crippen LogP contribution in [0.4, 0.5) is 14.0 Å². The molecular weight excluding hydrogens is 709 g/mol. The van der Waals surface area contributed by atoms with Crippen LogP contribution in [0, 0.1) is 11.7 Å². The second-order valence-corrected chi connectivity index (χ2v) is 18.4. The number of benzene rings is 1. The second-order valence-electron chi connectivity index (χ2n) is 16.4. The van der Waals surface area contributed by atoms with Crippen molar-refractivity contribution in [2.24, 2.45) is 5.92 Å². The largest absolute Gasteiger partial charge is 0.444 e. The molecule has 1 aromatic carbocycles. The molecule has 5 amide bonds. The summed E-state index contributed by atoms with van der Waals surface area (Å²) in [7, 11) is -4.01. The lowest BCUT2D eigenvalue weighted by Gasteiger charge is -2.30. The highest BCUT2D eigenvalue weighted by molar-refractivity contribution is 7.91. The third-order valence-corrected chi connectivity index (χ3v) is 13.7. The van der Waals surface area contributed by atoms with Crippen LogP contribution in [0.3, 0.4) is 0 Å². The molecule has 5 aliphatic rings. The summed E-state index contributed by atoms with van der Waals surface area (Å²) in [5.41, 5.74) is -1.27. The summed E-state index contributed by atoms with van der Waals surface area (Å²) >= 11 is 0. The molecular formula is C37H52FN5O9S. The van der Waals surface area contributed by atoms with Crippen molar-refractivity contribution >= 4 is 39.9 Å². The van der Waals surface area contributed by atoms with Crippen LogP contribution in [-0.2, 0) is 47.0 Å². The predicted molar refractivity (Wildman–Crippen MR) is 190 cm³/mol. The van der Waals surface area contributed by atoms with Crippen molar-refractivity contribution in [3.8, 4) is 0 Å². The van der Waals surface area contributed by atoms with Crippen molar-refractivity contribution in [1.29, 1.82) is 0 Å². The van der Waals surface area contributed by atoms with Crippen LogP contribution >= 0.6 is 0 Å². The molecule has 2 saturated carbocycles. The van der Waals surface area contributed by atoms with Gasteiger partial charge in [0.05, 0.1) is 17.8 Å². The van der Waals surface area contributed by atoms with Gasteiger partial charge in [0.2, 0.25) is 21.8 Å². The summed E-state index contributed by atoms with van der Waals surface area (Å²) < 4.78 is 53.6. The van der Waals surface area contributed by atoms with E-state index < -0.39 is 79.8 Å². The third kappa shape index (κ3) is 8.26. The molecule has 3 N–H and O–H groups in total. The number of carbonyl (C=O) groups excluding carboxylic acids is 5. The van der Waals surface area contributed by atoms with E-state index in [4.69, 9.17) is 9.47 Å². The zero-order valence-corrected chi connectivity index (χ0v) is 31.8. The first-order valence-electron chi connectivity index (χ1n) is 18.9. The molecule has 4 fully saturated rings. The monoisotopic (exact) mass is 761 g/mol. The van der Waals surface area contributed by atoms with Gasteiger partial charge in [-0.2, -0.15) is 0 Å². The first-order chi connectivity index (χ1) is 25.0. The van der Waals surface area contributed by atoms with Crippen molar-refractivity contribution in [2.45, 2.75) is 152 Å². The van der Waals surface area contributed by atoms with Gasteiger partial charge in [-0.1, -0.05) is 51.2 Å². The van der Waals surface area contributed by atoms with Gasteiger partial charge >= 0.3 is 12.2 Å². The highest BCUT2D eigenvalue weighted by Gasteiger charge is 2.64. The first-order valence-corrected chi connectivity index (χ1v) is 20.4. The first kappa shape index (κ1) is 38.8. The average molecular weight is 762 g/mol. The van der Waals surface area contributed by atoms with Crippen LogP contribution in [0.15, 0.2) is 18.2 Å². The summed E-state index contributed by atoms with van der Waals surface area (Å²) in [5.74, 6) is -2.79. The number of amides is 5. The lowest BCUT2D eigenvalue weighted by atomic mass is 10.0. The Labute approximate surface area is 310 Å². The van der Waals surface area contributed by atoms with Crippen molar-refractivity contribution in [1.82, 2.24) is 25.2 Å². The van der Waals surface area contributed by atoms with Gasteiger partial charge in [0.25, 0.3) is 5.91 Å². The second kappa shape index (κ2) is 14.7. The molecule has 0 aromatic heterocycles. The fraction of sp³-hybridized carbons (Fsp3) is 0.703. The Morgan fingerprint density at radius 1 is 1.04 bits per heavy atom. The molecule has 292 valence electrons. The molecule has 0 bridgehead atoms. The Hall–Kier alpha value is -3.95. The quantitative estimate of drug-likeness (QED) is 0.384. The Balaban J connectivity index is 1.25.